The summed E-state index contributed by atoms with van der Waals surface area (Å²) in [5, 5.41) is 0. The third kappa shape index (κ3) is 2.39. The van der Waals surface area contributed by atoms with Crippen molar-refractivity contribution in [2.75, 3.05) is 6.54 Å². The third-order valence-electron chi connectivity index (χ3n) is 3.15. The monoisotopic (exact) mass is 321 g/mol. The Balaban J connectivity index is 2.27. The first-order valence-electron chi connectivity index (χ1n) is 5.43. The van der Waals surface area contributed by atoms with Crippen LogP contribution in [-0.4, -0.2) is 23.5 Å². The summed E-state index contributed by atoms with van der Waals surface area (Å²) in [4.78, 5) is 12.0. The molecular formula is C12H11BrF3NO. The minimum atomic E-state index is -4.79. The van der Waals surface area contributed by atoms with Crippen molar-refractivity contribution in [1.82, 2.24) is 4.90 Å². The molecule has 1 aromatic carbocycles. The van der Waals surface area contributed by atoms with E-state index >= 15 is 0 Å². The van der Waals surface area contributed by atoms with Crippen LogP contribution in [-0.2, 0) is 17.8 Å². The maximum absolute atomic E-state index is 12.4. The van der Waals surface area contributed by atoms with Crippen LogP contribution in [0.15, 0.2) is 16.6 Å². The Labute approximate surface area is 111 Å². The molecule has 1 aromatic rings. The molecule has 0 radical (unpaired) electrons. The molecule has 0 aliphatic carbocycles. The molecule has 0 saturated carbocycles. The van der Waals surface area contributed by atoms with Gasteiger partial charge in [-0.1, -0.05) is 22.0 Å². The summed E-state index contributed by atoms with van der Waals surface area (Å²) in [7, 11) is 0. The summed E-state index contributed by atoms with van der Waals surface area (Å²) < 4.78 is 38.0. The number of rotatable bonds is 0. The van der Waals surface area contributed by atoms with E-state index in [-0.39, 0.29) is 13.1 Å². The molecule has 0 aromatic heterocycles. The van der Waals surface area contributed by atoms with E-state index in [1.54, 1.807) is 12.1 Å². The van der Waals surface area contributed by atoms with E-state index in [0.29, 0.717) is 6.42 Å². The van der Waals surface area contributed by atoms with Gasteiger partial charge in [0, 0.05) is 17.6 Å². The lowest BCUT2D eigenvalue weighted by Crippen LogP contribution is -2.43. The van der Waals surface area contributed by atoms with E-state index < -0.39 is 12.1 Å². The number of carbonyl (C=O) groups excluding carboxylic acids is 1. The summed E-state index contributed by atoms with van der Waals surface area (Å²) in [6.07, 6.45) is -4.33. The lowest BCUT2D eigenvalue weighted by molar-refractivity contribution is -0.186. The predicted octanol–water partition coefficient (Wildman–Crippen LogP) is 3.20. The summed E-state index contributed by atoms with van der Waals surface area (Å²) in [6, 6.07) is 3.57. The molecule has 1 aliphatic heterocycles. The Morgan fingerprint density at radius 1 is 1.39 bits per heavy atom. The van der Waals surface area contributed by atoms with Gasteiger partial charge < -0.3 is 4.90 Å². The van der Waals surface area contributed by atoms with Crippen molar-refractivity contribution in [3.63, 3.8) is 0 Å². The van der Waals surface area contributed by atoms with E-state index in [0.717, 1.165) is 26.1 Å². The highest BCUT2D eigenvalue weighted by molar-refractivity contribution is 9.10. The standard InChI is InChI=1S/C12H11BrF3NO/c1-7-9-4-5-17(11(18)12(14,15)16)6-8(9)2-3-10(7)13/h2-3H,4-6H2,1H3. The maximum Gasteiger partial charge on any atom is 0.471 e. The quantitative estimate of drug-likeness (QED) is 0.718. The number of fused-ring (bicyclic) bond motifs is 1. The molecular weight excluding hydrogens is 311 g/mol. The number of amides is 1. The Hall–Kier alpha value is -1.04. The second-order valence-electron chi connectivity index (χ2n) is 4.28. The summed E-state index contributed by atoms with van der Waals surface area (Å²) >= 11 is 3.39. The van der Waals surface area contributed by atoms with Crippen LogP contribution >= 0.6 is 15.9 Å². The molecule has 0 saturated heterocycles. The zero-order valence-corrected chi connectivity index (χ0v) is 11.2. The van der Waals surface area contributed by atoms with Gasteiger partial charge in [0.25, 0.3) is 0 Å². The van der Waals surface area contributed by atoms with Crippen LogP contribution < -0.4 is 0 Å². The number of hydrogen-bond donors (Lipinski definition) is 0. The van der Waals surface area contributed by atoms with Crippen molar-refractivity contribution in [2.24, 2.45) is 0 Å². The van der Waals surface area contributed by atoms with Gasteiger partial charge in [-0.3, -0.25) is 4.79 Å². The van der Waals surface area contributed by atoms with Crippen molar-refractivity contribution < 1.29 is 18.0 Å². The number of benzene rings is 1. The first-order chi connectivity index (χ1) is 8.30. The van der Waals surface area contributed by atoms with E-state index in [9.17, 15) is 18.0 Å². The number of carbonyl (C=O) groups is 1. The smallest absolute Gasteiger partial charge is 0.330 e. The Kier molecular flexibility index (Phi) is 3.40. The van der Waals surface area contributed by atoms with Crippen LogP contribution in [0.4, 0.5) is 13.2 Å². The highest BCUT2D eigenvalue weighted by atomic mass is 79.9. The van der Waals surface area contributed by atoms with Gasteiger partial charge in [-0.05, 0) is 36.1 Å². The minimum absolute atomic E-state index is 0.0296. The summed E-state index contributed by atoms with van der Waals surface area (Å²) in [6.45, 7) is 2.06. The highest BCUT2D eigenvalue weighted by Crippen LogP contribution is 2.29. The molecule has 98 valence electrons. The van der Waals surface area contributed by atoms with E-state index in [4.69, 9.17) is 0 Å². The van der Waals surface area contributed by atoms with Gasteiger partial charge in [0.15, 0.2) is 0 Å². The van der Waals surface area contributed by atoms with E-state index in [1.165, 1.54) is 0 Å². The summed E-state index contributed by atoms with van der Waals surface area (Å²) in [5.74, 6) is -1.76. The molecule has 0 bridgehead atoms. The third-order valence-corrected chi connectivity index (χ3v) is 4.01. The van der Waals surface area contributed by atoms with Gasteiger partial charge in [-0.2, -0.15) is 13.2 Å². The number of hydrogen-bond acceptors (Lipinski definition) is 1. The van der Waals surface area contributed by atoms with Crippen LogP contribution in [0.25, 0.3) is 0 Å². The van der Waals surface area contributed by atoms with Crippen LogP contribution in [0, 0.1) is 6.92 Å². The van der Waals surface area contributed by atoms with Crippen LogP contribution in [0.2, 0.25) is 0 Å². The average molecular weight is 322 g/mol. The SMILES string of the molecule is Cc1c(Br)ccc2c1CCN(C(=O)C(F)(F)F)C2. The zero-order chi connectivity index (χ0) is 13.5. The Morgan fingerprint density at radius 3 is 2.67 bits per heavy atom. The van der Waals surface area contributed by atoms with E-state index in [1.807, 2.05) is 6.92 Å². The molecule has 0 unspecified atom stereocenters. The predicted molar refractivity (Wildman–Crippen MR) is 64.1 cm³/mol. The zero-order valence-electron chi connectivity index (χ0n) is 9.64. The van der Waals surface area contributed by atoms with Crippen molar-refractivity contribution in [2.45, 2.75) is 26.1 Å². The molecule has 18 heavy (non-hydrogen) atoms. The fourth-order valence-corrected chi connectivity index (χ4v) is 2.54. The molecule has 6 heteroatoms. The molecule has 0 spiro atoms. The second-order valence-corrected chi connectivity index (χ2v) is 5.14. The number of halogens is 4. The van der Waals surface area contributed by atoms with Crippen molar-refractivity contribution in [1.29, 1.82) is 0 Å². The maximum atomic E-state index is 12.4. The average Bonchev–Trinajstić information content (AvgIpc) is 2.31. The Bertz CT molecular complexity index is 499. The molecule has 0 fully saturated rings. The number of alkyl halides is 3. The second kappa shape index (κ2) is 4.57. The van der Waals surface area contributed by atoms with Gasteiger partial charge in [-0.15, -0.1) is 0 Å². The van der Waals surface area contributed by atoms with Crippen LogP contribution in [0.3, 0.4) is 0 Å². The molecule has 2 rings (SSSR count). The van der Waals surface area contributed by atoms with Gasteiger partial charge >= 0.3 is 12.1 Å². The normalized spacial score (nSPS) is 15.5. The van der Waals surface area contributed by atoms with Gasteiger partial charge in [0.1, 0.15) is 0 Å². The van der Waals surface area contributed by atoms with Crippen molar-refractivity contribution in [3.8, 4) is 0 Å². The topological polar surface area (TPSA) is 20.3 Å². The van der Waals surface area contributed by atoms with Crippen molar-refractivity contribution in [3.05, 3.63) is 33.3 Å². The minimum Gasteiger partial charge on any atom is -0.330 e. The molecule has 2 nitrogen and oxygen atoms in total. The molecule has 0 atom stereocenters. The van der Waals surface area contributed by atoms with Crippen LogP contribution in [0.1, 0.15) is 16.7 Å². The van der Waals surface area contributed by atoms with Gasteiger partial charge in [0.05, 0.1) is 0 Å². The first kappa shape index (κ1) is 13.4. The molecule has 1 heterocycles. The Morgan fingerprint density at radius 2 is 2.06 bits per heavy atom. The fraction of sp³-hybridized carbons (Fsp3) is 0.417. The van der Waals surface area contributed by atoms with Crippen molar-refractivity contribution >= 4 is 21.8 Å². The summed E-state index contributed by atoms with van der Waals surface area (Å²) in [5.41, 5.74) is 2.86. The molecule has 1 amide bonds. The highest BCUT2D eigenvalue weighted by Gasteiger charge is 2.43. The first-order valence-corrected chi connectivity index (χ1v) is 6.23. The van der Waals surface area contributed by atoms with Crippen LogP contribution in [0.5, 0.6) is 0 Å². The largest absolute Gasteiger partial charge is 0.471 e. The van der Waals surface area contributed by atoms with Gasteiger partial charge in [0.2, 0.25) is 0 Å². The molecule has 1 aliphatic rings. The van der Waals surface area contributed by atoms with E-state index in [2.05, 4.69) is 15.9 Å². The number of nitrogens with zero attached hydrogens (tertiary/aromatic N) is 1. The lowest BCUT2D eigenvalue weighted by atomic mass is 9.95. The van der Waals surface area contributed by atoms with Gasteiger partial charge in [-0.25, -0.2) is 0 Å². The lowest BCUT2D eigenvalue weighted by Gasteiger charge is -2.30. The molecule has 0 N–H and O–H groups in total. The fourth-order valence-electron chi connectivity index (χ4n) is 2.16.